The monoisotopic (exact) mass is 604 g/mol. The molecule has 0 spiro atoms. The molecule has 47 heavy (non-hydrogen) atoms. The van der Waals surface area contributed by atoms with Gasteiger partial charge < -0.3 is 0 Å². The van der Waals surface area contributed by atoms with Gasteiger partial charge >= 0.3 is 0 Å². The highest BCUT2D eigenvalue weighted by Crippen LogP contribution is 2.37. The summed E-state index contributed by atoms with van der Waals surface area (Å²) in [5.41, 5.74) is 10.7. The predicted molar refractivity (Wildman–Crippen MR) is 198 cm³/mol. The predicted octanol–water partition coefficient (Wildman–Crippen LogP) is 11.1. The van der Waals surface area contributed by atoms with Crippen molar-refractivity contribution < 1.29 is 0 Å². The second-order valence-corrected chi connectivity index (χ2v) is 11.2. The Bertz CT molecular complexity index is 2210. The Balaban J connectivity index is 1.45. The van der Waals surface area contributed by atoms with E-state index in [9.17, 15) is 0 Å². The van der Waals surface area contributed by atoms with Crippen molar-refractivity contribution in [3.63, 3.8) is 0 Å². The highest BCUT2D eigenvalue weighted by Gasteiger charge is 2.15. The molecule has 0 radical (unpaired) electrons. The van der Waals surface area contributed by atoms with Crippen molar-refractivity contribution in [2.75, 3.05) is 0 Å². The van der Waals surface area contributed by atoms with E-state index in [1.165, 1.54) is 17.1 Å². The van der Waals surface area contributed by atoms with Crippen LogP contribution in [0.3, 0.4) is 0 Å². The molecule has 1 aromatic heterocycles. The second-order valence-electron chi connectivity index (χ2n) is 11.2. The van der Waals surface area contributed by atoms with Crippen molar-refractivity contribution in [2.45, 2.75) is 6.92 Å². The topological polar surface area (TPSA) is 50.5 Å². The van der Waals surface area contributed by atoms with Crippen LogP contribution in [0.15, 0.2) is 168 Å². The zero-order valence-electron chi connectivity index (χ0n) is 26.1. The fourth-order valence-corrected chi connectivity index (χ4v) is 5.77. The molecule has 0 saturated heterocycles. The number of nitrogens with zero attached hydrogens (tertiary/aromatic N) is 4. The summed E-state index contributed by atoms with van der Waals surface area (Å²) >= 11 is 0. The lowest BCUT2D eigenvalue weighted by atomic mass is 9.92. The lowest BCUT2D eigenvalue weighted by Gasteiger charge is -2.14. The number of fused-ring (bicyclic) bond motifs is 1. The Kier molecular flexibility index (Phi) is 8.39. The van der Waals surface area contributed by atoms with Gasteiger partial charge in [-0.3, -0.25) is 0 Å². The maximum absolute atomic E-state index is 5.16. The van der Waals surface area contributed by atoms with Crippen molar-refractivity contribution >= 4 is 29.0 Å². The first-order chi connectivity index (χ1) is 23.2. The quantitative estimate of drug-likeness (QED) is 0.128. The molecule has 0 atom stereocenters. The van der Waals surface area contributed by atoms with Gasteiger partial charge in [-0.15, -0.1) is 0 Å². The Morgan fingerprint density at radius 1 is 0.553 bits per heavy atom. The van der Waals surface area contributed by atoms with E-state index in [0.717, 1.165) is 55.9 Å². The molecule has 0 fully saturated rings. The highest BCUT2D eigenvalue weighted by atomic mass is 14.9. The van der Waals surface area contributed by atoms with E-state index in [-0.39, 0.29) is 0 Å². The molecular formula is C43H32N4. The fraction of sp³-hybridized carbons (Fsp3) is 0.0233. The van der Waals surface area contributed by atoms with Gasteiger partial charge in [0.2, 0.25) is 0 Å². The fourth-order valence-electron chi connectivity index (χ4n) is 5.77. The normalized spacial score (nSPS) is 11.4. The van der Waals surface area contributed by atoms with Crippen molar-refractivity contribution in [3.8, 4) is 56.2 Å². The van der Waals surface area contributed by atoms with E-state index in [0.29, 0.717) is 11.5 Å². The summed E-state index contributed by atoms with van der Waals surface area (Å²) in [6.45, 7) is 6.04. The summed E-state index contributed by atoms with van der Waals surface area (Å²) in [5.74, 6) is 0.663. The van der Waals surface area contributed by atoms with Crippen LogP contribution in [0.1, 0.15) is 12.5 Å². The lowest BCUT2D eigenvalue weighted by Crippen LogP contribution is -1.97. The molecule has 0 aliphatic rings. The summed E-state index contributed by atoms with van der Waals surface area (Å²) in [6.07, 6.45) is 3.22. The van der Waals surface area contributed by atoms with Gasteiger partial charge in [-0.25, -0.2) is 20.0 Å². The Morgan fingerprint density at radius 3 is 1.87 bits per heavy atom. The van der Waals surface area contributed by atoms with Gasteiger partial charge in [-0.2, -0.15) is 0 Å². The number of aromatic nitrogens is 2. The maximum atomic E-state index is 5.16. The average molecular weight is 605 g/mol. The van der Waals surface area contributed by atoms with Gasteiger partial charge in [0.05, 0.1) is 17.1 Å². The van der Waals surface area contributed by atoms with E-state index < -0.39 is 0 Å². The summed E-state index contributed by atoms with van der Waals surface area (Å²) in [4.78, 5) is 18.8. The van der Waals surface area contributed by atoms with Crippen LogP contribution in [0.4, 0.5) is 0 Å². The molecule has 0 unspecified atom stereocenters. The first-order valence-corrected chi connectivity index (χ1v) is 15.6. The molecule has 6 aromatic carbocycles. The number of hydrogen-bond donors (Lipinski definition) is 0. The molecule has 0 bridgehead atoms. The molecule has 0 aliphatic heterocycles. The molecule has 4 nitrogen and oxygen atoms in total. The Hall–Kier alpha value is -6.26. The van der Waals surface area contributed by atoms with Crippen LogP contribution in [0.2, 0.25) is 0 Å². The van der Waals surface area contributed by atoms with Crippen LogP contribution in [-0.2, 0) is 0 Å². The van der Waals surface area contributed by atoms with Crippen LogP contribution >= 0.6 is 0 Å². The number of benzene rings is 6. The number of hydrogen-bond acceptors (Lipinski definition) is 3. The van der Waals surface area contributed by atoms with Crippen LogP contribution in [0, 0.1) is 0 Å². The minimum Gasteiger partial charge on any atom is -0.250 e. The van der Waals surface area contributed by atoms with Gasteiger partial charge in [0.1, 0.15) is 6.34 Å². The standard InChI is InChI=1S/C43H32N4/c1-3-44-29-45-30(2)34-20-12-21-35(24-34)36-25-37(40-23-13-19-31-14-10-11-22-39(31)40)27-38(26-36)43-46-41(32-15-6-4-7-16-32)28-42(47-43)33-17-8-5-9-18-33/h3-29H,2H2,1H3/b44-3-,45-29-. The molecule has 0 N–H and O–H groups in total. The molecule has 224 valence electrons. The van der Waals surface area contributed by atoms with Gasteiger partial charge in [-0.05, 0) is 70.3 Å². The van der Waals surface area contributed by atoms with E-state index in [4.69, 9.17) is 9.97 Å². The summed E-state index contributed by atoms with van der Waals surface area (Å²) < 4.78 is 0. The third-order valence-corrected chi connectivity index (χ3v) is 8.12. The van der Waals surface area contributed by atoms with Gasteiger partial charge in [0.15, 0.2) is 5.82 Å². The molecule has 4 heteroatoms. The lowest BCUT2D eigenvalue weighted by molar-refractivity contribution is 1.18. The highest BCUT2D eigenvalue weighted by molar-refractivity contribution is 5.98. The molecule has 0 saturated carbocycles. The largest absolute Gasteiger partial charge is 0.250 e. The molecule has 7 rings (SSSR count). The smallest absolute Gasteiger partial charge is 0.160 e. The second kappa shape index (κ2) is 13.4. The van der Waals surface area contributed by atoms with Crippen LogP contribution in [0.5, 0.6) is 0 Å². The van der Waals surface area contributed by atoms with Crippen molar-refractivity contribution in [1.29, 1.82) is 0 Å². The van der Waals surface area contributed by atoms with Crippen LogP contribution < -0.4 is 0 Å². The van der Waals surface area contributed by atoms with Gasteiger partial charge in [0, 0.05) is 28.5 Å². The summed E-state index contributed by atoms with van der Waals surface area (Å²) in [5, 5.41) is 2.38. The number of aliphatic imine (C=N–C) groups is 2. The molecule has 0 aliphatic carbocycles. The summed E-state index contributed by atoms with van der Waals surface area (Å²) in [7, 11) is 0. The zero-order valence-corrected chi connectivity index (χ0v) is 26.1. The number of rotatable bonds is 8. The molecule has 1 heterocycles. The summed E-state index contributed by atoms with van der Waals surface area (Å²) in [6, 6.07) is 52.5. The molecular weight excluding hydrogens is 573 g/mol. The minimum atomic E-state index is 0.647. The van der Waals surface area contributed by atoms with Crippen LogP contribution in [0.25, 0.3) is 72.6 Å². The van der Waals surface area contributed by atoms with Crippen molar-refractivity contribution in [2.24, 2.45) is 9.98 Å². The van der Waals surface area contributed by atoms with Gasteiger partial charge in [0.25, 0.3) is 0 Å². The maximum Gasteiger partial charge on any atom is 0.160 e. The van der Waals surface area contributed by atoms with E-state index >= 15 is 0 Å². The third kappa shape index (κ3) is 6.44. The first kappa shape index (κ1) is 29.5. The van der Waals surface area contributed by atoms with Crippen molar-refractivity contribution in [1.82, 2.24) is 9.97 Å². The van der Waals surface area contributed by atoms with Crippen LogP contribution in [-0.4, -0.2) is 22.5 Å². The van der Waals surface area contributed by atoms with E-state index in [1.54, 1.807) is 6.21 Å². The average Bonchev–Trinajstić information content (AvgIpc) is 3.15. The molecule has 0 amide bonds. The first-order valence-electron chi connectivity index (χ1n) is 15.6. The minimum absolute atomic E-state index is 0.647. The van der Waals surface area contributed by atoms with Gasteiger partial charge in [-0.1, -0.05) is 128 Å². The Labute approximate surface area is 275 Å². The third-order valence-electron chi connectivity index (χ3n) is 8.12. The zero-order chi connectivity index (χ0) is 32.0. The van der Waals surface area contributed by atoms with E-state index in [1.807, 2.05) is 55.5 Å². The SMILES string of the molecule is C=C(/N=C\N=C/C)c1cccc(-c2cc(-c3nc(-c4ccccc4)cc(-c4ccccc4)n3)cc(-c3cccc4ccccc34)c2)c1. The Morgan fingerprint density at radius 2 is 1.15 bits per heavy atom. The van der Waals surface area contributed by atoms with E-state index in [2.05, 4.69) is 120 Å². The van der Waals surface area contributed by atoms with Crippen molar-refractivity contribution in [3.05, 3.63) is 164 Å². The molecule has 7 aromatic rings.